The zero-order valence-electron chi connectivity index (χ0n) is 13.6. The topological polar surface area (TPSA) is 79.2 Å². The molecule has 2 fully saturated rings. The van der Waals surface area contributed by atoms with Crippen molar-refractivity contribution in [3.8, 4) is 11.5 Å². The van der Waals surface area contributed by atoms with Crippen molar-refractivity contribution in [2.75, 3.05) is 7.11 Å². The van der Waals surface area contributed by atoms with Crippen LogP contribution in [-0.4, -0.2) is 35.3 Å². The van der Waals surface area contributed by atoms with Gasteiger partial charge in [0.15, 0.2) is 11.5 Å². The van der Waals surface area contributed by atoms with Gasteiger partial charge in [0.05, 0.1) is 30.2 Å². The van der Waals surface area contributed by atoms with Crippen LogP contribution in [-0.2, 0) is 9.59 Å². The molecule has 130 valence electrons. The Morgan fingerprint density at radius 3 is 2.32 bits per heavy atom. The molecule has 2 amide bonds. The summed E-state index contributed by atoms with van der Waals surface area (Å²) in [7, 11) is 1.41. The number of hydrazone groups is 1. The van der Waals surface area contributed by atoms with Crippen molar-refractivity contribution in [2.45, 2.75) is 12.8 Å². The summed E-state index contributed by atoms with van der Waals surface area (Å²) in [6, 6.07) is 3.03. The highest BCUT2D eigenvalue weighted by atomic mass is 35.5. The van der Waals surface area contributed by atoms with Gasteiger partial charge in [0.1, 0.15) is 0 Å². The molecule has 2 bridgehead atoms. The fourth-order valence-electron chi connectivity index (χ4n) is 4.12. The molecule has 0 aromatic heterocycles. The number of amides is 2. The normalized spacial score (nSPS) is 30.4. The number of fused-ring (bicyclic) bond motifs is 1. The molecule has 1 aromatic carbocycles. The third-order valence-corrected chi connectivity index (χ3v) is 5.62. The van der Waals surface area contributed by atoms with Crippen molar-refractivity contribution in [2.24, 2.45) is 28.8 Å². The number of allylic oxidation sites excluding steroid dienone is 2. The summed E-state index contributed by atoms with van der Waals surface area (Å²) in [5, 5.41) is 15.0. The van der Waals surface area contributed by atoms with Crippen LogP contribution in [0.1, 0.15) is 18.4 Å². The molecule has 7 heteroatoms. The number of carbonyl (C=O) groups is 2. The number of hydrogen-bond donors (Lipinski definition) is 1. The minimum Gasteiger partial charge on any atom is -0.503 e. The molecule has 1 N–H and O–H groups in total. The summed E-state index contributed by atoms with van der Waals surface area (Å²) in [4.78, 5) is 25.3. The Morgan fingerprint density at radius 1 is 1.20 bits per heavy atom. The lowest BCUT2D eigenvalue weighted by atomic mass is 9.63. The van der Waals surface area contributed by atoms with E-state index in [4.69, 9.17) is 16.3 Å². The maximum absolute atomic E-state index is 12.7. The number of imide groups is 1. The highest BCUT2D eigenvalue weighted by Crippen LogP contribution is 2.49. The van der Waals surface area contributed by atoms with Gasteiger partial charge in [-0.05, 0) is 42.4 Å². The predicted octanol–water partition coefficient (Wildman–Crippen LogP) is 2.59. The quantitative estimate of drug-likeness (QED) is 0.510. The van der Waals surface area contributed by atoms with E-state index in [1.807, 2.05) is 0 Å². The van der Waals surface area contributed by atoms with E-state index in [2.05, 4.69) is 17.3 Å². The Labute approximate surface area is 149 Å². The van der Waals surface area contributed by atoms with E-state index in [0.717, 1.165) is 17.9 Å². The fraction of sp³-hybridized carbons (Fsp3) is 0.389. The second kappa shape index (κ2) is 5.88. The maximum Gasteiger partial charge on any atom is 0.254 e. The fourth-order valence-corrected chi connectivity index (χ4v) is 4.34. The second-order valence-electron chi connectivity index (χ2n) is 6.63. The first kappa shape index (κ1) is 16.1. The van der Waals surface area contributed by atoms with Crippen LogP contribution < -0.4 is 4.74 Å². The zero-order valence-corrected chi connectivity index (χ0v) is 14.3. The SMILES string of the molecule is COc1cc(/C=N\N2C(=O)[C@@H]3[C@@H](C2=O)[C@H]2C=C[C@H]3CC2)cc(Cl)c1O. The molecule has 0 radical (unpaired) electrons. The van der Waals surface area contributed by atoms with Crippen LogP contribution in [0.15, 0.2) is 29.4 Å². The average Bonchev–Trinajstić information content (AvgIpc) is 2.90. The molecule has 1 aliphatic heterocycles. The van der Waals surface area contributed by atoms with Crippen LogP contribution in [0.5, 0.6) is 11.5 Å². The molecule has 25 heavy (non-hydrogen) atoms. The number of methoxy groups -OCH3 is 1. The van der Waals surface area contributed by atoms with Crippen LogP contribution in [0.3, 0.4) is 0 Å². The van der Waals surface area contributed by atoms with Gasteiger partial charge in [0.2, 0.25) is 0 Å². The van der Waals surface area contributed by atoms with Gasteiger partial charge in [-0.3, -0.25) is 9.59 Å². The lowest BCUT2D eigenvalue weighted by Crippen LogP contribution is -2.38. The van der Waals surface area contributed by atoms with E-state index in [1.54, 1.807) is 0 Å². The highest BCUT2D eigenvalue weighted by Gasteiger charge is 2.56. The number of benzene rings is 1. The molecule has 4 atom stereocenters. The predicted molar refractivity (Wildman–Crippen MR) is 91.4 cm³/mol. The van der Waals surface area contributed by atoms with Gasteiger partial charge >= 0.3 is 0 Å². The molecule has 1 saturated heterocycles. The van der Waals surface area contributed by atoms with Gasteiger partial charge in [-0.1, -0.05) is 23.8 Å². The molecule has 6 nitrogen and oxygen atoms in total. The van der Waals surface area contributed by atoms with Gasteiger partial charge < -0.3 is 9.84 Å². The zero-order chi connectivity index (χ0) is 17.7. The number of nitrogens with zero attached hydrogens (tertiary/aromatic N) is 2. The molecule has 0 spiro atoms. The molecule has 5 rings (SSSR count). The molecular formula is C18H17ClN2O4. The number of rotatable bonds is 3. The lowest BCUT2D eigenvalue weighted by molar-refractivity contribution is -0.140. The van der Waals surface area contributed by atoms with E-state index in [0.29, 0.717) is 5.56 Å². The van der Waals surface area contributed by atoms with Gasteiger partial charge in [-0.15, -0.1) is 0 Å². The molecule has 4 aliphatic rings. The first-order valence-corrected chi connectivity index (χ1v) is 8.55. The Bertz CT molecular complexity index is 788. The van der Waals surface area contributed by atoms with Crippen molar-refractivity contribution in [1.29, 1.82) is 0 Å². The van der Waals surface area contributed by atoms with Gasteiger partial charge in [-0.2, -0.15) is 10.1 Å². The lowest BCUT2D eigenvalue weighted by Gasteiger charge is -2.37. The minimum absolute atomic E-state index is 0.107. The number of halogens is 1. The summed E-state index contributed by atoms with van der Waals surface area (Å²) in [6.45, 7) is 0. The third-order valence-electron chi connectivity index (χ3n) is 5.33. The molecule has 1 saturated carbocycles. The highest BCUT2D eigenvalue weighted by molar-refractivity contribution is 6.32. The van der Waals surface area contributed by atoms with E-state index < -0.39 is 0 Å². The first-order valence-electron chi connectivity index (χ1n) is 8.18. The van der Waals surface area contributed by atoms with E-state index in [1.165, 1.54) is 25.5 Å². The molecule has 1 aromatic rings. The average molecular weight is 361 g/mol. The number of hydrogen-bond acceptors (Lipinski definition) is 5. The third kappa shape index (κ3) is 2.43. The Balaban J connectivity index is 1.62. The first-order chi connectivity index (χ1) is 12.0. The Kier molecular flexibility index (Phi) is 3.80. The molecular weight excluding hydrogens is 344 g/mol. The minimum atomic E-state index is -0.286. The van der Waals surface area contributed by atoms with Crippen LogP contribution in [0, 0.1) is 23.7 Å². The molecule has 1 heterocycles. The van der Waals surface area contributed by atoms with Crippen LogP contribution in [0.25, 0.3) is 0 Å². The van der Waals surface area contributed by atoms with Gasteiger partial charge in [0, 0.05) is 0 Å². The van der Waals surface area contributed by atoms with E-state index >= 15 is 0 Å². The van der Waals surface area contributed by atoms with Crippen LogP contribution in [0.2, 0.25) is 5.02 Å². The van der Waals surface area contributed by atoms with E-state index in [9.17, 15) is 14.7 Å². The van der Waals surface area contributed by atoms with Crippen LogP contribution >= 0.6 is 11.6 Å². The van der Waals surface area contributed by atoms with Crippen molar-refractivity contribution in [3.63, 3.8) is 0 Å². The summed E-state index contributed by atoms with van der Waals surface area (Å²) in [6.07, 6.45) is 7.42. The van der Waals surface area contributed by atoms with Crippen molar-refractivity contribution < 1.29 is 19.4 Å². The summed E-state index contributed by atoms with van der Waals surface area (Å²) < 4.78 is 5.04. The Morgan fingerprint density at radius 2 is 1.80 bits per heavy atom. The number of aromatic hydroxyl groups is 1. The van der Waals surface area contributed by atoms with Crippen molar-refractivity contribution in [3.05, 3.63) is 34.9 Å². The van der Waals surface area contributed by atoms with Crippen molar-refractivity contribution >= 4 is 29.6 Å². The number of phenols is 1. The Hall–Kier alpha value is -2.34. The number of carbonyl (C=O) groups excluding carboxylic acids is 2. The summed E-state index contributed by atoms with van der Waals surface area (Å²) >= 11 is 5.95. The number of ether oxygens (including phenoxy) is 1. The van der Waals surface area contributed by atoms with E-state index in [-0.39, 0.29) is 52.0 Å². The largest absolute Gasteiger partial charge is 0.503 e. The molecule has 0 unspecified atom stereocenters. The van der Waals surface area contributed by atoms with Gasteiger partial charge in [0.25, 0.3) is 11.8 Å². The smallest absolute Gasteiger partial charge is 0.254 e. The maximum atomic E-state index is 12.7. The number of phenolic OH excluding ortho intramolecular Hbond substituents is 1. The summed E-state index contributed by atoms with van der Waals surface area (Å²) in [5.74, 6) is -0.737. The second-order valence-corrected chi connectivity index (χ2v) is 7.04. The van der Waals surface area contributed by atoms with Crippen molar-refractivity contribution in [1.82, 2.24) is 5.01 Å². The van der Waals surface area contributed by atoms with Gasteiger partial charge in [-0.25, -0.2) is 0 Å². The molecule has 3 aliphatic carbocycles. The monoisotopic (exact) mass is 360 g/mol. The standard InChI is InChI=1S/C18H17ClN2O4/c1-25-13-7-9(6-12(19)16(13)22)8-20-21-17(23)14-10-2-3-11(5-4-10)15(14)18(21)24/h2-3,6-8,10-11,14-15,22H,4-5H2,1H3/b20-8-/t10-,11-,14-,15-/m0/s1. The van der Waals surface area contributed by atoms with Crippen LogP contribution in [0.4, 0.5) is 0 Å². The summed E-state index contributed by atoms with van der Waals surface area (Å²) in [5.41, 5.74) is 0.524.